The van der Waals surface area contributed by atoms with Crippen LogP contribution in [-0.4, -0.2) is 48.8 Å². The zero-order chi connectivity index (χ0) is 19.0. The summed E-state index contributed by atoms with van der Waals surface area (Å²) in [6.07, 6.45) is 4.20. The molecular formula is C19H21N5O3. The lowest BCUT2D eigenvalue weighted by molar-refractivity contribution is 0.0417. The molecule has 1 atom stereocenters. The monoisotopic (exact) mass is 367 g/mol. The number of likely N-dealkylation sites (tertiary alicyclic amines) is 1. The largest absolute Gasteiger partial charge is 0.385 e. The Bertz CT molecular complexity index is 1030. The summed E-state index contributed by atoms with van der Waals surface area (Å²) < 4.78 is 1.82. The molecule has 8 heteroatoms. The smallest absolute Gasteiger partial charge is 0.274 e. The minimum atomic E-state index is -0.644. The first-order valence-electron chi connectivity index (χ1n) is 8.98. The van der Waals surface area contributed by atoms with E-state index in [4.69, 9.17) is 0 Å². The molecule has 1 saturated heterocycles. The van der Waals surface area contributed by atoms with Crippen LogP contribution in [0.1, 0.15) is 35.3 Å². The Hall–Kier alpha value is -3.00. The van der Waals surface area contributed by atoms with Crippen molar-refractivity contribution in [3.63, 3.8) is 0 Å². The summed E-state index contributed by atoms with van der Waals surface area (Å²) in [5, 5.41) is 18.0. The van der Waals surface area contributed by atoms with Gasteiger partial charge < -0.3 is 14.6 Å². The van der Waals surface area contributed by atoms with Crippen molar-refractivity contribution in [2.24, 2.45) is 13.0 Å². The van der Waals surface area contributed by atoms with Gasteiger partial charge in [-0.1, -0.05) is 18.2 Å². The van der Waals surface area contributed by atoms with Gasteiger partial charge in [-0.25, -0.2) is 10.1 Å². The number of H-pyrrole nitrogens is 1. The maximum atomic E-state index is 12.9. The number of fused-ring (bicyclic) bond motifs is 1. The maximum Gasteiger partial charge on any atom is 0.274 e. The molecule has 3 aromatic rings. The van der Waals surface area contributed by atoms with Crippen molar-refractivity contribution in [3.8, 4) is 0 Å². The molecule has 4 rings (SSSR count). The van der Waals surface area contributed by atoms with Crippen LogP contribution in [0.3, 0.4) is 0 Å². The fourth-order valence-electron chi connectivity index (χ4n) is 3.72. The zero-order valence-electron chi connectivity index (χ0n) is 15.0. The lowest BCUT2D eigenvalue weighted by Crippen LogP contribution is -2.40. The standard InChI is InChI=1S/C19H21N5O3/c1-23-11-8-20-17(23)16(25)12-6-9-24(10-7-12)19(27)15-13-4-2-3-5-14(13)18(26)22-21-15/h2-5,8,11-12,16,25H,6-7,9-10H2,1H3,(H,22,26)/t16-/m0/s1. The zero-order valence-corrected chi connectivity index (χ0v) is 15.0. The number of amides is 1. The van der Waals surface area contributed by atoms with Crippen LogP contribution in [0.15, 0.2) is 41.5 Å². The Morgan fingerprint density at radius 3 is 2.63 bits per heavy atom. The molecule has 8 nitrogen and oxygen atoms in total. The van der Waals surface area contributed by atoms with E-state index in [0.717, 1.165) is 0 Å². The van der Waals surface area contributed by atoms with Crippen LogP contribution in [0.4, 0.5) is 0 Å². The molecule has 1 aliphatic heterocycles. The van der Waals surface area contributed by atoms with Gasteiger partial charge in [0.2, 0.25) is 0 Å². The van der Waals surface area contributed by atoms with Crippen LogP contribution < -0.4 is 5.56 Å². The molecule has 1 amide bonds. The predicted molar refractivity (Wildman–Crippen MR) is 99.2 cm³/mol. The topological polar surface area (TPSA) is 104 Å². The van der Waals surface area contributed by atoms with E-state index in [1.165, 1.54) is 0 Å². The van der Waals surface area contributed by atoms with Gasteiger partial charge in [0.1, 0.15) is 11.9 Å². The van der Waals surface area contributed by atoms with Gasteiger partial charge in [0.15, 0.2) is 5.69 Å². The van der Waals surface area contributed by atoms with Gasteiger partial charge in [0, 0.05) is 37.9 Å². The van der Waals surface area contributed by atoms with Crippen LogP contribution in [0.5, 0.6) is 0 Å². The van der Waals surface area contributed by atoms with E-state index in [1.807, 2.05) is 17.8 Å². The fourth-order valence-corrected chi connectivity index (χ4v) is 3.72. The number of imidazole rings is 1. The van der Waals surface area contributed by atoms with E-state index in [1.54, 1.807) is 35.4 Å². The summed E-state index contributed by atoms with van der Waals surface area (Å²) in [6.45, 7) is 1.06. The van der Waals surface area contributed by atoms with Crippen LogP contribution in [-0.2, 0) is 7.05 Å². The van der Waals surface area contributed by atoms with E-state index in [0.29, 0.717) is 42.5 Å². The number of hydrogen-bond acceptors (Lipinski definition) is 5. The molecule has 0 unspecified atom stereocenters. The Morgan fingerprint density at radius 1 is 1.26 bits per heavy atom. The number of piperidine rings is 1. The number of aryl methyl sites for hydroxylation is 1. The number of aliphatic hydroxyl groups is 1. The third-order valence-corrected chi connectivity index (χ3v) is 5.29. The second-order valence-electron chi connectivity index (χ2n) is 6.92. The van der Waals surface area contributed by atoms with Crippen LogP contribution in [0, 0.1) is 5.92 Å². The molecule has 140 valence electrons. The summed E-state index contributed by atoms with van der Waals surface area (Å²) in [7, 11) is 1.86. The minimum Gasteiger partial charge on any atom is -0.385 e. The second kappa shape index (κ2) is 6.96. The average molecular weight is 367 g/mol. The first-order valence-corrected chi connectivity index (χ1v) is 8.98. The van der Waals surface area contributed by atoms with Crippen LogP contribution in [0.25, 0.3) is 10.8 Å². The number of benzene rings is 1. The van der Waals surface area contributed by atoms with Crippen LogP contribution in [0.2, 0.25) is 0 Å². The highest BCUT2D eigenvalue weighted by atomic mass is 16.3. The van der Waals surface area contributed by atoms with Gasteiger partial charge in [0.25, 0.3) is 11.5 Å². The Labute approximate surface area is 155 Å². The minimum absolute atomic E-state index is 0.0513. The number of aromatic nitrogens is 4. The van der Waals surface area contributed by atoms with Gasteiger partial charge in [-0.3, -0.25) is 9.59 Å². The molecular weight excluding hydrogens is 346 g/mol. The normalized spacial score (nSPS) is 16.6. The fraction of sp³-hybridized carbons (Fsp3) is 0.368. The van der Waals surface area contributed by atoms with Crippen molar-refractivity contribution in [1.29, 1.82) is 0 Å². The van der Waals surface area contributed by atoms with Gasteiger partial charge >= 0.3 is 0 Å². The highest BCUT2D eigenvalue weighted by Gasteiger charge is 2.31. The second-order valence-corrected chi connectivity index (χ2v) is 6.92. The van der Waals surface area contributed by atoms with Gasteiger partial charge in [0.05, 0.1) is 5.39 Å². The lowest BCUT2D eigenvalue weighted by atomic mass is 9.90. The number of aliphatic hydroxyl groups excluding tert-OH is 1. The lowest BCUT2D eigenvalue weighted by Gasteiger charge is -2.33. The number of nitrogens with zero attached hydrogens (tertiary/aromatic N) is 4. The predicted octanol–water partition coefficient (Wildman–Crippen LogP) is 1.24. The van der Waals surface area contributed by atoms with E-state index in [9.17, 15) is 14.7 Å². The van der Waals surface area contributed by atoms with Crippen LogP contribution >= 0.6 is 0 Å². The molecule has 1 fully saturated rings. The van der Waals surface area contributed by atoms with E-state index < -0.39 is 6.10 Å². The Balaban J connectivity index is 1.50. The van der Waals surface area contributed by atoms with Gasteiger partial charge in [-0.2, -0.15) is 5.10 Å². The van der Waals surface area contributed by atoms with Gasteiger partial charge in [-0.15, -0.1) is 0 Å². The maximum absolute atomic E-state index is 12.9. The third kappa shape index (κ3) is 3.12. The van der Waals surface area contributed by atoms with Crippen molar-refractivity contribution in [1.82, 2.24) is 24.6 Å². The van der Waals surface area contributed by atoms with Crippen molar-refractivity contribution >= 4 is 16.7 Å². The number of carbonyl (C=O) groups is 1. The number of nitrogens with one attached hydrogen (secondary N) is 1. The Morgan fingerprint density at radius 2 is 1.96 bits per heavy atom. The first-order chi connectivity index (χ1) is 13.1. The molecule has 0 spiro atoms. The van der Waals surface area contributed by atoms with Gasteiger partial charge in [-0.05, 0) is 24.8 Å². The first kappa shape index (κ1) is 17.4. The molecule has 2 aromatic heterocycles. The molecule has 1 aliphatic rings. The molecule has 2 N–H and O–H groups in total. The SMILES string of the molecule is Cn1ccnc1[C@@H](O)C1CCN(C(=O)c2n[nH]c(=O)c3ccccc23)CC1. The summed E-state index contributed by atoms with van der Waals surface area (Å²) >= 11 is 0. The molecule has 3 heterocycles. The molecule has 0 bridgehead atoms. The molecule has 0 radical (unpaired) electrons. The van der Waals surface area contributed by atoms with Crippen molar-refractivity contribution in [2.75, 3.05) is 13.1 Å². The highest BCUT2D eigenvalue weighted by Crippen LogP contribution is 2.30. The summed E-state index contributed by atoms with van der Waals surface area (Å²) in [6, 6.07) is 6.97. The summed E-state index contributed by atoms with van der Waals surface area (Å²) in [5.74, 6) is 0.496. The molecule has 1 aromatic carbocycles. The third-order valence-electron chi connectivity index (χ3n) is 5.29. The van der Waals surface area contributed by atoms with E-state index in [-0.39, 0.29) is 23.1 Å². The summed E-state index contributed by atoms with van der Waals surface area (Å²) in [4.78, 5) is 30.8. The quantitative estimate of drug-likeness (QED) is 0.725. The summed E-state index contributed by atoms with van der Waals surface area (Å²) in [5.41, 5.74) is -0.0488. The Kier molecular flexibility index (Phi) is 4.49. The number of rotatable bonds is 3. The van der Waals surface area contributed by atoms with E-state index in [2.05, 4.69) is 15.2 Å². The molecule has 27 heavy (non-hydrogen) atoms. The van der Waals surface area contributed by atoms with Crippen molar-refractivity contribution in [3.05, 3.63) is 58.5 Å². The van der Waals surface area contributed by atoms with Crippen molar-refractivity contribution < 1.29 is 9.90 Å². The average Bonchev–Trinajstić information content (AvgIpc) is 3.13. The molecule has 0 aliphatic carbocycles. The number of aromatic amines is 1. The number of hydrogen-bond donors (Lipinski definition) is 2. The number of carbonyl (C=O) groups excluding carboxylic acids is 1. The molecule has 0 saturated carbocycles. The van der Waals surface area contributed by atoms with E-state index >= 15 is 0 Å². The highest BCUT2D eigenvalue weighted by molar-refractivity contribution is 6.04. The van der Waals surface area contributed by atoms with Crippen molar-refractivity contribution in [2.45, 2.75) is 18.9 Å².